The van der Waals surface area contributed by atoms with Crippen molar-refractivity contribution in [3.05, 3.63) is 83.4 Å². The van der Waals surface area contributed by atoms with Gasteiger partial charge >= 0.3 is 11.9 Å². The summed E-state index contributed by atoms with van der Waals surface area (Å²) in [6.07, 6.45) is 2.99. The minimum atomic E-state index is -0.884. The zero-order valence-electron chi connectivity index (χ0n) is 15.0. The Kier molecular flexibility index (Phi) is 7.58. The summed E-state index contributed by atoms with van der Waals surface area (Å²) in [5.41, 5.74) is 4.74. The van der Waals surface area contributed by atoms with E-state index in [9.17, 15) is 9.59 Å². The number of hydrogen-bond acceptors (Lipinski definition) is 5. The molecule has 0 saturated carbocycles. The van der Waals surface area contributed by atoms with Crippen molar-refractivity contribution >= 4 is 11.9 Å². The summed E-state index contributed by atoms with van der Waals surface area (Å²) in [5.74, 6) is -1.05. The van der Waals surface area contributed by atoms with E-state index in [1.165, 1.54) is 7.11 Å². The second kappa shape index (κ2) is 10.2. The Labute approximate surface area is 153 Å². The maximum atomic E-state index is 12.5. The average Bonchev–Trinajstić information content (AvgIpc) is 2.69. The molecule has 0 aromatic heterocycles. The second-order valence-corrected chi connectivity index (χ2v) is 5.67. The van der Waals surface area contributed by atoms with Crippen LogP contribution in [0, 0.1) is 0 Å². The summed E-state index contributed by atoms with van der Waals surface area (Å²) in [6, 6.07) is 17.7. The number of carbonyl (C=O) groups is 2. The Morgan fingerprint density at radius 3 is 2.23 bits per heavy atom. The summed E-state index contributed by atoms with van der Waals surface area (Å²) in [7, 11) is 1.29. The maximum Gasteiger partial charge on any atom is 0.352 e. The van der Waals surface area contributed by atoms with Crippen LogP contribution in [0.15, 0.2) is 72.3 Å². The van der Waals surface area contributed by atoms with Crippen molar-refractivity contribution in [3.63, 3.8) is 0 Å². The number of benzene rings is 2. The lowest BCUT2D eigenvalue weighted by atomic mass is 10.0. The first-order valence-corrected chi connectivity index (χ1v) is 8.48. The summed E-state index contributed by atoms with van der Waals surface area (Å²) in [6.45, 7) is 1.95. The van der Waals surface area contributed by atoms with Crippen LogP contribution in [0.4, 0.5) is 0 Å². The van der Waals surface area contributed by atoms with E-state index in [4.69, 9.17) is 9.57 Å². The van der Waals surface area contributed by atoms with Crippen LogP contribution in [-0.4, -0.2) is 19.0 Å². The summed E-state index contributed by atoms with van der Waals surface area (Å²) < 4.78 is 4.80. The van der Waals surface area contributed by atoms with Crippen LogP contribution in [0.3, 0.4) is 0 Å². The maximum absolute atomic E-state index is 12.5. The van der Waals surface area contributed by atoms with Gasteiger partial charge in [0.2, 0.25) is 0 Å². The van der Waals surface area contributed by atoms with Gasteiger partial charge in [0, 0.05) is 12.0 Å². The Hall–Kier alpha value is -2.92. The van der Waals surface area contributed by atoms with E-state index in [1.54, 1.807) is 24.3 Å². The number of nitrogens with one attached hydrogen (secondary N) is 1. The molecule has 2 aromatic carbocycles. The summed E-state index contributed by atoms with van der Waals surface area (Å²) >= 11 is 0. The summed E-state index contributed by atoms with van der Waals surface area (Å²) in [4.78, 5) is 29.7. The normalized spacial score (nSPS) is 12.3. The fraction of sp³-hybridized carbons (Fsp3) is 0.238. The van der Waals surface area contributed by atoms with Crippen LogP contribution in [0.2, 0.25) is 0 Å². The molecule has 0 spiro atoms. The van der Waals surface area contributed by atoms with Crippen LogP contribution in [-0.2, 0) is 25.6 Å². The molecule has 1 atom stereocenters. The number of hydroxylamine groups is 1. The van der Waals surface area contributed by atoms with E-state index in [-0.39, 0.29) is 0 Å². The predicted octanol–water partition coefficient (Wildman–Crippen LogP) is 3.53. The number of ether oxygens (including phenoxy) is 1. The summed E-state index contributed by atoms with van der Waals surface area (Å²) in [5, 5.41) is 0. The van der Waals surface area contributed by atoms with Crippen LogP contribution < -0.4 is 5.48 Å². The zero-order chi connectivity index (χ0) is 18.8. The van der Waals surface area contributed by atoms with Crippen molar-refractivity contribution in [2.45, 2.75) is 25.8 Å². The molecule has 2 aromatic rings. The van der Waals surface area contributed by atoms with E-state index >= 15 is 0 Å². The van der Waals surface area contributed by atoms with Crippen molar-refractivity contribution in [2.24, 2.45) is 0 Å². The number of methoxy groups -OCH3 is 1. The first-order chi connectivity index (χ1) is 12.7. The molecule has 5 heteroatoms. The molecule has 0 amide bonds. The largest absolute Gasteiger partial charge is 0.468 e. The first-order valence-electron chi connectivity index (χ1n) is 8.48. The molecule has 0 aliphatic rings. The van der Waals surface area contributed by atoms with Gasteiger partial charge < -0.3 is 9.57 Å². The number of hydrogen-bond donors (Lipinski definition) is 1. The van der Waals surface area contributed by atoms with Crippen LogP contribution in [0.1, 0.15) is 30.5 Å². The zero-order valence-corrected chi connectivity index (χ0v) is 15.0. The van der Waals surface area contributed by atoms with Gasteiger partial charge in [-0.3, -0.25) is 0 Å². The molecule has 26 heavy (non-hydrogen) atoms. The fourth-order valence-electron chi connectivity index (χ4n) is 2.48. The first kappa shape index (κ1) is 19.4. The van der Waals surface area contributed by atoms with Crippen LogP contribution >= 0.6 is 0 Å². The quantitative estimate of drug-likeness (QED) is 0.447. The molecule has 136 valence electrons. The Balaban J connectivity index is 2.07. The third-order valence-corrected chi connectivity index (χ3v) is 3.79. The lowest BCUT2D eigenvalue weighted by molar-refractivity contribution is -0.156. The van der Waals surface area contributed by atoms with Gasteiger partial charge in [-0.2, -0.15) is 0 Å². The highest BCUT2D eigenvalue weighted by molar-refractivity contribution is 5.89. The van der Waals surface area contributed by atoms with Gasteiger partial charge in [-0.1, -0.05) is 73.7 Å². The fourth-order valence-corrected chi connectivity index (χ4v) is 2.48. The molecular formula is C21H23NO4. The Morgan fingerprint density at radius 2 is 1.65 bits per heavy atom. The van der Waals surface area contributed by atoms with E-state index in [1.807, 2.05) is 49.4 Å². The van der Waals surface area contributed by atoms with E-state index in [0.717, 1.165) is 5.56 Å². The minimum Gasteiger partial charge on any atom is -0.468 e. The number of rotatable bonds is 8. The third-order valence-electron chi connectivity index (χ3n) is 3.79. The molecule has 2 rings (SSSR count). The highest BCUT2D eigenvalue weighted by Gasteiger charge is 2.23. The molecular weight excluding hydrogens is 330 g/mol. The van der Waals surface area contributed by atoms with Crippen LogP contribution in [0.25, 0.3) is 0 Å². The van der Waals surface area contributed by atoms with Crippen molar-refractivity contribution in [3.8, 4) is 0 Å². The number of allylic oxidation sites excluding steroid dienone is 1. The van der Waals surface area contributed by atoms with Gasteiger partial charge in [0.1, 0.15) is 0 Å². The molecule has 0 unspecified atom stereocenters. The van der Waals surface area contributed by atoms with Gasteiger partial charge in [0.05, 0.1) is 7.11 Å². The molecule has 0 aliphatic heterocycles. The molecule has 1 N–H and O–H groups in total. The van der Waals surface area contributed by atoms with Gasteiger partial charge in [0.25, 0.3) is 0 Å². The van der Waals surface area contributed by atoms with Crippen molar-refractivity contribution in [1.82, 2.24) is 5.48 Å². The van der Waals surface area contributed by atoms with E-state index in [0.29, 0.717) is 24.0 Å². The van der Waals surface area contributed by atoms with Crippen molar-refractivity contribution < 1.29 is 19.2 Å². The second-order valence-electron chi connectivity index (χ2n) is 5.67. The van der Waals surface area contributed by atoms with Gasteiger partial charge in [-0.05, 0) is 17.5 Å². The average molecular weight is 353 g/mol. The molecule has 5 nitrogen and oxygen atoms in total. The molecule has 0 radical (unpaired) electrons. The highest BCUT2D eigenvalue weighted by Crippen LogP contribution is 2.15. The van der Waals surface area contributed by atoms with Gasteiger partial charge in [0.15, 0.2) is 6.04 Å². The lowest BCUT2D eigenvalue weighted by Crippen LogP contribution is -2.32. The predicted molar refractivity (Wildman–Crippen MR) is 98.9 cm³/mol. The number of esters is 1. The van der Waals surface area contributed by atoms with Gasteiger partial charge in [-0.25, -0.2) is 9.59 Å². The molecule has 0 aliphatic carbocycles. The van der Waals surface area contributed by atoms with Crippen molar-refractivity contribution in [1.29, 1.82) is 0 Å². The Bertz CT molecular complexity index is 741. The molecule has 0 bridgehead atoms. The van der Waals surface area contributed by atoms with E-state index < -0.39 is 18.0 Å². The Morgan fingerprint density at radius 1 is 1.04 bits per heavy atom. The standard InChI is InChI=1S/C21H23NO4/c1-3-10-18(15-16-11-6-4-7-12-16)20(23)26-22-19(21(24)25-2)17-13-8-5-9-14-17/h4-14,19,22H,3,15H2,1-2H3/t19-/m1/s1. The minimum absolute atomic E-state index is 0.462. The monoisotopic (exact) mass is 353 g/mol. The van der Waals surface area contributed by atoms with E-state index in [2.05, 4.69) is 5.48 Å². The third kappa shape index (κ3) is 5.57. The number of carbonyl (C=O) groups excluding carboxylic acids is 2. The molecule has 0 fully saturated rings. The smallest absolute Gasteiger partial charge is 0.352 e. The molecule has 0 heterocycles. The van der Waals surface area contributed by atoms with Crippen LogP contribution in [0.5, 0.6) is 0 Å². The van der Waals surface area contributed by atoms with Gasteiger partial charge in [-0.15, -0.1) is 5.48 Å². The lowest BCUT2D eigenvalue weighted by Gasteiger charge is -2.17. The highest BCUT2D eigenvalue weighted by atomic mass is 16.7. The molecule has 0 saturated heterocycles. The SMILES string of the molecule is CCC=C(Cc1ccccc1)C(=O)ON[C@@H](C(=O)OC)c1ccccc1. The van der Waals surface area contributed by atoms with Crippen molar-refractivity contribution in [2.75, 3.05) is 7.11 Å². The topological polar surface area (TPSA) is 64.6 Å².